The predicted molar refractivity (Wildman–Crippen MR) is 185 cm³/mol. The summed E-state index contributed by atoms with van der Waals surface area (Å²) in [4.78, 5) is 13.2. The van der Waals surface area contributed by atoms with E-state index in [2.05, 4.69) is 150 Å². The normalized spacial score (nSPS) is 16.5. The molecule has 0 spiro atoms. The van der Waals surface area contributed by atoms with Gasteiger partial charge in [-0.2, -0.15) is 0 Å². The van der Waals surface area contributed by atoms with Gasteiger partial charge >= 0.3 is 37.7 Å². The third-order valence-electron chi connectivity index (χ3n) is 5.18. The van der Waals surface area contributed by atoms with E-state index >= 15 is 0 Å². The minimum atomic E-state index is 0. The average molecular weight is 739 g/mol. The van der Waals surface area contributed by atoms with Crippen LogP contribution in [0.4, 0.5) is 0 Å². The first-order valence-electron chi connectivity index (χ1n) is 16.1. The van der Waals surface area contributed by atoms with Gasteiger partial charge in [0.1, 0.15) is 0 Å². The van der Waals surface area contributed by atoms with Gasteiger partial charge in [0.25, 0.3) is 0 Å². The molecule has 0 radical (unpaired) electrons. The molecule has 3 aliphatic carbocycles. The quantitative estimate of drug-likeness (QED) is 0.113. The second-order valence-electron chi connectivity index (χ2n) is 12.9. The van der Waals surface area contributed by atoms with Gasteiger partial charge in [0.15, 0.2) is 0 Å². The van der Waals surface area contributed by atoms with Crippen LogP contribution in [0.25, 0.3) is 16.0 Å². The van der Waals surface area contributed by atoms with Crippen LogP contribution in [0, 0.1) is 91.0 Å². The van der Waals surface area contributed by atoms with E-state index in [0.717, 1.165) is 17.5 Å². The fourth-order valence-corrected chi connectivity index (χ4v) is 2.94. The Morgan fingerprint density at radius 1 is 0.442 bits per heavy atom. The van der Waals surface area contributed by atoms with Crippen LogP contribution in [0.3, 0.4) is 0 Å². The second-order valence-corrected chi connectivity index (χ2v) is 12.9. The topological polar surface area (TPSA) is 79.4 Å². The van der Waals surface area contributed by atoms with Crippen LogP contribution < -0.4 is 0 Å². The fourth-order valence-electron chi connectivity index (χ4n) is 2.94. The van der Waals surface area contributed by atoms with Crippen LogP contribution >= 0.6 is 0 Å². The van der Waals surface area contributed by atoms with Crippen LogP contribution in [-0.2, 0) is 0 Å². The first-order chi connectivity index (χ1) is 19.7. The maximum atomic E-state index is 4.39. The Bertz CT molecular complexity index is 930. The van der Waals surface area contributed by atoms with E-state index in [9.17, 15) is 0 Å². The molecular formula is C36H57HoN6. The molecule has 3 aliphatic rings. The maximum Gasteiger partial charge on any atom is 3.00 e. The molecule has 0 amide bonds. The van der Waals surface area contributed by atoms with Crippen LogP contribution in [-0.4, -0.2) is 53.8 Å². The largest absolute Gasteiger partial charge is 3.00 e. The Hall–Kier alpha value is -1.65. The third kappa shape index (κ3) is 27.6. The summed E-state index contributed by atoms with van der Waals surface area (Å²) in [6.07, 6.45) is 7.52. The number of amidine groups is 3. The maximum absolute atomic E-state index is 4.39. The van der Waals surface area contributed by atoms with Crippen molar-refractivity contribution in [1.29, 1.82) is 0 Å². The van der Waals surface area contributed by atoms with Crippen molar-refractivity contribution in [1.82, 2.24) is 0 Å². The number of hydrogen-bond acceptors (Lipinski definition) is 3. The molecule has 0 heterocycles. The summed E-state index contributed by atoms with van der Waals surface area (Å²) in [7, 11) is 0. The Balaban J connectivity index is 0.000000608. The number of aliphatic imine (C=N–C) groups is 3. The van der Waals surface area contributed by atoms with Crippen molar-refractivity contribution in [3.05, 3.63) is 16.0 Å². The van der Waals surface area contributed by atoms with E-state index in [0.29, 0.717) is 17.8 Å². The van der Waals surface area contributed by atoms with Crippen LogP contribution in [0.5, 0.6) is 0 Å². The monoisotopic (exact) mass is 738 g/mol. The van der Waals surface area contributed by atoms with Gasteiger partial charge in [-0.3, -0.25) is 0 Å². The first-order valence-corrected chi connectivity index (χ1v) is 16.1. The summed E-state index contributed by atoms with van der Waals surface area (Å²) < 4.78 is 0. The predicted octanol–water partition coefficient (Wildman–Crippen LogP) is 8.97. The molecule has 242 valence electrons. The van der Waals surface area contributed by atoms with E-state index in [1.54, 1.807) is 0 Å². The molecular weight excluding hydrogens is 681 g/mol. The van der Waals surface area contributed by atoms with Gasteiger partial charge in [-0.25, -0.2) is 0 Å². The molecule has 3 fully saturated rings. The van der Waals surface area contributed by atoms with Crippen molar-refractivity contribution in [2.75, 3.05) is 0 Å². The first kappa shape index (κ1) is 41.3. The molecule has 0 aromatic heterocycles. The molecule has 3 rings (SSSR count). The van der Waals surface area contributed by atoms with Gasteiger partial charge in [0.2, 0.25) is 0 Å². The Morgan fingerprint density at radius 3 is 0.791 bits per heavy atom. The van der Waals surface area contributed by atoms with Crippen molar-refractivity contribution in [3.63, 3.8) is 0 Å². The van der Waals surface area contributed by atoms with Gasteiger partial charge in [-0.15, -0.1) is 0 Å². The zero-order valence-electron chi connectivity index (χ0n) is 28.9. The zero-order valence-corrected chi connectivity index (χ0v) is 30.9. The van der Waals surface area contributed by atoms with Gasteiger partial charge in [-0.05, 0) is 92.3 Å². The molecule has 0 bridgehead atoms. The Kier molecular flexibility index (Phi) is 21.9. The molecule has 0 N–H and O–H groups in total. The van der Waals surface area contributed by atoms with Crippen LogP contribution in [0.2, 0.25) is 0 Å². The van der Waals surface area contributed by atoms with Crippen molar-refractivity contribution >= 4 is 17.5 Å². The molecule has 0 atom stereocenters. The van der Waals surface area contributed by atoms with Gasteiger partial charge in [0, 0.05) is 17.8 Å². The standard InChI is InChI=1S/3C12H19N2.Ho/c3*1-9(2)13-12(14-10(3)4)8-7-11-5-6-11;/h3*9-11H,5-6H2,1-4H3;/q3*-1;+3. The van der Waals surface area contributed by atoms with Crippen molar-refractivity contribution in [2.24, 2.45) is 32.7 Å². The summed E-state index contributed by atoms with van der Waals surface area (Å²) in [5, 5.41) is 13.2. The van der Waals surface area contributed by atoms with Crippen molar-refractivity contribution < 1.29 is 37.7 Å². The molecule has 43 heavy (non-hydrogen) atoms. The second kappa shape index (κ2) is 22.8. The SMILES string of the molecule is CC(C)N=C(C#CC1CC1)[N-]C(C)C.CC(C)N=C(C#CC1CC1)[N-]C(C)C.CC(C)N=C(C#CC1CC1)[N-]C(C)C.[Ho+3]. The van der Waals surface area contributed by atoms with E-state index in [4.69, 9.17) is 0 Å². The molecule has 3 saturated carbocycles. The third-order valence-corrected chi connectivity index (χ3v) is 5.18. The van der Waals surface area contributed by atoms with Gasteiger partial charge < -0.3 is 30.9 Å². The Labute approximate surface area is 295 Å². The van der Waals surface area contributed by atoms with E-state index in [1.165, 1.54) is 38.5 Å². The van der Waals surface area contributed by atoms with Gasteiger partial charge in [0.05, 0.1) is 0 Å². The summed E-state index contributed by atoms with van der Waals surface area (Å²) in [5.74, 6) is 22.8. The molecule has 0 unspecified atom stereocenters. The van der Waals surface area contributed by atoms with E-state index < -0.39 is 0 Å². The molecule has 7 heteroatoms. The van der Waals surface area contributed by atoms with Crippen LogP contribution in [0.1, 0.15) is 122 Å². The summed E-state index contributed by atoms with van der Waals surface area (Å²) in [5.41, 5.74) is 0. The molecule has 0 aromatic rings. The summed E-state index contributed by atoms with van der Waals surface area (Å²) in [6.45, 7) is 24.6. The molecule has 6 nitrogen and oxygen atoms in total. The molecule has 0 aromatic carbocycles. The number of rotatable bonds is 6. The van der Waals surface area contributed by atoms with E-state index in [-0.39, 0.29) is 74.0 Å². The van der Waals surface area contributed by atoms with Crippen LogP contribution in [0.15, 0.2) is 15.0 Å². The minimum Gasteiger partial charge on any atom is -0.456 e. The summed E-state index contributed by atoms with van der Waals surface area (Å²) in [6, 6.07) is 1.67. The van der Waals surface area contributed by atoms with Gasteiger partial charge in [-0.1, -0.05) is 119 Å². The van der Waals surface area contributed by atoms with E-state index in [1.807, 2.05) is 0 Å². The van der Waals surface area contributed by atoms with Crippen molar-refractivity contribution in [3.8, 4) is 35.5 Å². The Morgan fingerprint density at radius 2 is 0.651 bits per heavy atom. The minimum absolute atomic E-state index is 0. The zero-order chi connectivity index (χ0) is 31.7. The molecule has 0 aliphatic heterocycles. The summed E-state index contributed by atoms with van der Waals surface area (Å²) >= 11 is 0. The smallest absolute Gasteiger partial charge is 0.456 e. The average Bonchev–Trinajstić information content (AvgIpc) is 3.71. The molecule has 0 saturated heterocycles. The number of nitrogens with zero attached hydrogens (tertiary/aromatic N) is 6. The number of hydrogen-bond donors (Lipinski definition) is 0. The van der Waals surface area contributed by atoms with Crippen molar-refractivity contribution in [2.45, 2.75) is 158 Å². The fraction of sp³-hybridized carbons (Fsp3) is 0.750.